The second kappa shape index (κ2) is 11.0. The molecule has 0 aliphatic carbocycles. The Kier molecular flexibility index (Phi) is 8.92. The van der Waals surface area contributed by atoms with E-state index in [0.717, 1.165) is 13.0 Å². The summed E-state index contributed by atoms with van der Waals surface area (Å²) in [6, 6.07) is 4.65. The molecule has 1 saturated heterocycles. The molecular formula is C18H26ClFN2OS. The van der Waals surface area contributed by atoms with Gasteiger partial charge in [0.1, 0.15) is 5.82 Å². The van der Waals surface area contributed by atoms with Gasteiger partial charge in [-0.1, -0.05) is 30.5 Å². The molecule has 0 unspecified atom stereocenters. The molecule has 1 N–H and O–H groups in total. The summed E-state index contributed by atoms with van der Waals surface area (Å²) in [4.78, 5) is 14.3. The van der Waals surface area contributed by atoms with Crippen LogP contribution >= 0.6 is 23.4 Å². The lowest BCUT2D eigenvalue weighted by Gasteiger charge is -2.19. The van der Waals surface area contributed by atoms with Crippen molar-refractivity contribution in [3.8, 4) is 0 Å². The van der Waals surface area contributed by atoms with Gasteiger partial charge in [-0.15, -0.1) is 11.8 Å². The summed E-state index contributed by atoms with van der Waals surface area (Å²) in [6.45, 7) is 4.13. The number of halogens is 2. The molecule has 0 bridgehead atoms. The third-order valence-corrected chi connectivity index (χ3v) is 5.53. The summed E-state index contributed by atoms with van der Waals surface area (Å²) in [5.41, 5.74) is 0.470. The standard InChI is InChI=1S/C18H26ClFN2OS/c19-16-7-5-8-17(20)15(16)13-24-14-18(23)21-9-6-12-22-10-3-1-2-4-11-22/h5,7-8H,1-4,6,9-14H2,(H,21,23). The molecular weight excluding hydrogens is 347 g/mol. The molecule has 1 aliphatic rings. The normalized spacial score (nSPS) is 15.9. The number of hydrogen-bond donors (Lipinski definition) is 1. The molecule has 1 heterocycles. The van der Waals surface area contributed by atoms with Gasteiger partial charge >= 0.3 is 0 Å². The number of carbonyl (C=O) groups is 1. The molecule has 1 amide bonds. The third kappa shape index (κ3) is 6.99. The highest BCUT2D eigenvalue weighted by Gasteiger charge is 2.10. The highest BCUT2D eigenvalue weighted by atomic mass is 35.5. The predicted molar refractivity (Wildman–Crippen MR) is 100 cm³/mol. The molecule has 1 fully saturated rings. The number of benzene rings is 1. The molecule has 1 aromatic carbocycles. The van der Waals surface area contributed by atoms with E-state index in [4.69, 9.17) is 11.6 Å². The van der Waals surface area contributed by atoms with Gasteiger partial charge in [0.25, 0.3) is 0 Å². The highest BCUT2D eigenvalue weighted by molar-refractivity contribution is 7.99. The molecule has 134 valence electrons. The van der Waals surface area contributed by atoms with E-state index in [1.165, 1.54) is 56.6 Å². The molecule has 24 heavy (non-hydrogen) atoms. The fourth-order valence-corrected chi connectivity index (χ4v) is 4.05. The van der Waals surface area contributed by atoms with Gasteiger partial charge < -0.3 is 10.2 Å². The lowest BCUT2D eigenvalue weighted by atomic mass is 10.2. The van der Waals surface area contributed by atoms with Crippen LogP contribution in [0.4, 0.5) is 4.39 Å². The average Bonchev–Trinajstić information content (AvgIpc) is 2.83. The molecule has 0 saturated carbocycles. The van der Waals surface area contributed by atoms with Gasteiger partial charge in [0.15, 0.2) is 0 Å². The van der Waals surface area contributed by atoms with Crippen molar-refractivity contribution < 1.29 is 9.18 Å². The smallest absolute Gasteiger partial charge is 0.230 e. The number of thioether (sulfide) groups is 1. The van der Waals surface area contributed by atoms with Crippen LogP contribution in [-0.2, 0) is 10.5 Å². The van der Waals surface area contributed by atoms with Crippen LogP contribution in [0.2, 0.25) is 5.02 Å². The van der Waals surface area contributed by atoms with E-state index in [0.29, 0.717) is 28.6 Å². The number of carbonyl (C=O) groups excluding carboxylic acids is 1. The second-order valence-corrected chi connectivity index (χ2v) is 7.55. The summed E-state index contributed by atoms with van der Waals surface area (Å²) >= 11 is 7.36. The molecule has 0 radical (unpaired) electrons. The van der Waals surface area contributed by atoms with E-state index in [1.807, 2.05) is 0 Å². The van der Waals surface area contributed by atoms with E-state index < -0.39 is 0 Å². The Bertz CT molecular complexity index is 501. The number of amides is 1. The quantitative estimate of drug-likeness (QED) is 0.697. The minimum absolute atomic E-state index is 0.00308. The molecule has 6 heteroatoms. The van der Waals surface area contributed by atoms with Crippen molar-refractivity contribution in [3.63, 3.8) is 0 Å². The van der Waals surface area contributed by atoms with Crippen molar-refractivity contribution in [1.29, 1.82) is 0 Å². The zero-order valence-corrected chi connectivity index (χ0v) is 15.6. The van der Waals surface area contributed by atoms with Crippen LogP contribution in [0.15, 0.2) is 18.2 Å². The van der Waals surface area contributed by atoms with Gasteiger partial charge in [-0.25, -0.2) is 4.39 Å². The van der Waals surface area contributed by atoms with Gasteiger partial charge in [-0.3, -0.25) is 4.79 Å². The fraction of sp³-hybridized carbons (Fsp3) is 0.611. The van der Waals surface area contributed by atoms with Crippen LogP contribution < -0.4 is 5.32 Å². The molecule has 1 aromatic rings. The average molecular weight is 373 g/mol. The van der Waals surface area contributed by atoms with Gasteiger partial charge in [-0.05, 0) is 51.0 Å². The monoisotopic (exact) mass is 372 g/mol. The maximum atomic E-state index is 13.6. The van der Waals surface area contributed by atoms with Crippen LogP contribution in [0.1, 0.15) is 37.7 Å². The number of nitrogens with zero attached hydrogens (tertiary/aromatic N) is 1. The molecule has 1 aliphatic heterocycles. The number of nitrogens with one attached hydrogen (secondary N) is 1. The molecule has 0 spiro atoms. The van der Waals surface area contributed by atoms with Crippen LogP contribution in [0, 0.1) is 5.82 Å². The Balaban J connectivity index is 1.56. The summed E-state index contributed by atoms with van der Waals surface area (Å²) in [7, 11) is 0. The largest absolute Gasteiger partial charge is 0.355 e. The van der Waals surface area contributed by atoms with Gasteiger partial charge in [0.2, 0.25) is 5.91 Å². The number of rotatable bonds is 8. The van der Waals surface area contributed by atoms with Crippen molar-refractivity contribution >= 4 is 29.3 Å². The first kappa shape index (κ1) is 19.5. The third-order valence-electron chi connectivity index (χ3n) is 4.21. The second-order valence-electron chi connectivity index (χ2n) is 6.15. The molecule has 0 aromatic heterocycles. The zero-order chi connectivity index (χ0) is 17.2. The van der Waals surface area contributed by atoms with Gasteiger partial charge in [-0.2, -0.15) is 0 Å². The van der Waals surface area contributed by atoms with Crippen LogP contribution in [0.25, 0.3) is 0 Å². The van der Waals surface area contributed by atoms with Crippen LogP contribution in [-0.4, -0.2) is 42.7 Å². The first-order valence-electron chi connectivity index (χ1n) is 8.66. The minimum Gasteiger partial charge on any atom is -0.355 e. The molecule has 3 nitrogen and oxygen atoms in total. The lowest BCUT2D eigenvalue weighted by Crippen LogP contribution is -2.31. The Morgan fingerprint density at radius 1 is 1.25 bits per heavy atom. The predicted octanol–water partition coefficient (Wildman–Crippen LogP) is 4.09. The van der Waals surface area contributed by atoms with Gasteiger partial charge in [0, 0.05) is 22.9 Å². The SMILES string of the molecule is O=C(CSCc1c(F)cccc1Cl)NCCCN1CCCCCC1. The van der Waals surface area contributed by atoms with Crippen LogP contribution in [0.3, 0.4) is 0 Å². The van der Waals surface area contributed by atoms with Crippen molar-refractivity contribution in [3.05, 3.63) is 34.6 Å². The maximum Gasteiger partial charge on any atom is 0.230 e. The van der Waals surface area contributed by atoms with E-state index in [1.54, 1.807) is 12.1 Å². The van der Waals surface area contributed by atoms with E-state index in [2.05, 4.69) is 10.2 Å². The molecule has 2 rings (SSSR count). The summed E-state index contributed by atoms with van der Waals surface area (Å²) in [5.74, 6) is 0.428. The Labute approximate surface area is 153 Å². The Morgan fingerprint density at radius 3 is 2.71 bits per heavy atom. The van der Waals surface area contributed by atoms with E-state index in [9.17, 15) is 9.18 Å². The van der Waals surface area contributed by atoms with Gasteiger partial charge in [0.05, 0.1) is 5.75 Å². The zero-order valence-electron chi connectivity index (χ0n) is 14.0. The van der Waals surface area contributed by atoms with Crippen molar-refractivity contribution in [1.82, 2.24) is 10.2 Å². The lowest BCUT2D eigenvalue weighted by molar-refractivity contribution is -0.118. The molecule has 0 atom stereocenters. The Hall–Kier alpha value is -0.780. The van der Waals surface area contributed by atoms with Crippen LogP contribution in [0.5, 0.6) is 0 Å². The maximum absolute atomic E-state index is 13.6. The number of hydrogen-bond acceptors (Lipinski definition) is 3. The van der Waals surface area contributed by atoms with Crippen molar-refractivity contribution in [2.45, 2.75) is 37.9 Å². The first-order valence-corrected chi connectivity index (χ1v) is 10.2. The van der Waals surface area contributed by atoms with E-state index in [-0.39, 0.29) is 11.7 Å². The highest BCUT2D eigenvalue weighted by Crippen LogP contribution is 2.23. The Morgan fingerprint density at radius 2 is 2.00 bits per heavy atom. The topological polar surface area (TPSA) is 32.3 Å². The number of likely N-dealkylation sites (tertiary alicyclic amines) is 1. The summed E-state index contributed by atoms with van der Waals surface area (Å²) in [5, 5.41) is 3.36. The summed E-state index contributed by atoms with van der Waals surface area (Å²) in [6.07, 6.45) is 6.26. The first-order chi connectivity index (χ1) is 11.7. The minimum atomic E-state index is -0.312. The summed E-state index contributed by atoms with van der Waals surface area (Å²) < 4.78 is 13.6. The van der Waals surface area contributed by atoms with Crippen molar-refractivity contribution in [2.75, 3.05) is 31.9 Å². The van der Waals surface area contributed by atoms with E-state index >= 15 is 0 Å². The van der Waals surface area contributed by atoms with Crippen molar-refractivity contribution in [2.24, 2.45) is 0 Å². The fourth-order valence-electron chi connectivity index (χ4n) is 2.86.